The normalized spacial score (nSPS) is 14.7. The van der Waals surface area contributed by atoms with E-state index in [1.807, 2.05) is 12.4 Å². The first-order valence-corrected chi connectivity index (χ1v) is 5.65. The Balaban J connectivity index is 2.51. The second-order valence-corrected chi connectivity index (χ2v) is 4.25. The third kappa shape index (κ3) is 3.47. The smallest absolute Gasteiger partial charge is 0.0538 e. The molecule has 0 amide bonds. The van der Waals surface area contributed by atoms with Crippen molar-refractivity contribution in [1.29, 1.82) is 0 Å². The zero-order chi connectivity index (χ0) is 12.0. The average molecular weight is 223 g/mol. The highest BCUT2D eigenvalue weighted by Gasteiger charge is 2.20. The van der Waals surface area contributed by atoms with E-state index in [2.05, 4.69) is 30.8 Å². The third-order valence-corrected chi connectivity index (χ3v) is 3.01. The summed E-state index contributed by atoms with van der Waals surface area (Å²) in [5.41, 5.74) is 1.11. The van der Waals surface area contributed by atoms with Crippen molar-refractivity contribution in [2.75, 3.05) is 6.61 Å². The maximum Gasteiger partial charge on any atom is 0.0538 e. The molecule has 90 valence electrons. The molecule has 1 unspecified atom stereocenters. The number of rotatable bonds is 7. The molecule has 4 nitrogen and oxygen atoms in total. The molecule has 0 aliphatic carbocycles. The monoisotopic (exact) mass is 223 g/mol. The Morgan fingerprint density at radius 2 is 2.44 bits per heavy atom. The van der Waals surface area contributed by atoms with Crippen LogP contribution in [0.5, 0.6) is 0 Å². The second kappa shape index (κ2) is 5.82. The van der Waals surface area contributed by atoms with Crippen LogP contribution >= 0.6 is 0 Å². The summed E-state index contributed by atoms with van der Waals surface area (Å²) in [6.07, 6.45) is 7.18. The first-order chi connectivity index (χ1) is 7.63. The van der Waals surface area contributed by atoms with Crippen LogP contribution in [0.2, 0.25) is 0 Å². The molecule has 1 aromatic rings. The number of aromatic nitrogens is 2. The maximum atomic E-state index is 9.00. The molecule has 1 atom stereocenters. The molecule has 4 heteroatoms. The van der Waals surface area contributed by atoms with Crippen LogP contribution < -0.4 is 5.32 Å². The third-order valence-electron chi connectivity index (χ3n) is 3.01. The summed E-state index contributed by atoms with van der Waals surface area (Å²) in [5.74, 6) is 0. The van der Waals surface area contributed by atoms with Crippen LogP contribution in [0.4, 0.5) is 0 Å². The van der Waals surface area contributed by atoms with Gasteiger partial charge in [0.25, 0.3) is 0 Å². The first kappa shape index (κ1) is 12.9. The van der Waals surface area contributed by atoms with Crippen molar-refractivity contribution in [3.8, 4) is 0 Å². The van der Waals surface area contributed by atoms with Crippen molar-refractivity contribution in [3.05, 3.63) is 24.5 Å². The van der Waals surface area contributed by atoms with E-state index >= 15 is 0 Å². The number of aliphatic hydroxyl groups is 1. The van der Waals surface area contributed by atoms with Crippen LogP contribution in [0.1, 0.15) is 32.3 Å². The number of nitrogens with zero attached hydrogens (tertiary/aromatic N) is 2. The molecule has 1 aromatic heterocycles. The Morgan fingerprint density at radius 3 is 2.94 bits per heavy atom. The molecule has 0 aliphatic rings. The SMILES string of the molecule is C=Cn1cc(CNC(C)(CC)CCO)cn1. The van der Waals surface area contributed by atoms with Crippen molar-refractivity contribution >= 4 is 6.20 Å². The molecule has 0 bridgehead atoms. The quantitative estimate of drug-likeness (QED) is 0.738. The molecule has 0 fully saturated rings. The molecular formula is C12H21N3O. The van der Waals surface area contributed by atoms with Crippen LogP contribution in [-0.2, 0) is 6.54 Å². The maximum absolute atomic E-state index is 9.00. The van der Waals surface area contributed by atoms with Crippen LogP contribution in [0.3, 0.4) is 0 Å². The van der Waals surface area contributed by atoms with Gasteiger partial charge in [0.05, 0.1) is 6.20 Å². The molecule has 0 saturated carbocycles. The van der Waals surface area contributed by atoms with Gasteiger partial charge in [0, 0.05) is 36.7 Å². The van der Waals surface area contributed by atoms with E-state index < -0.39 is 0 Å². The minimum Gasteiger partial charge on any atom is -0.396 e. The highest BCUT2D eigenvalue weighted by molar-refractivity contribution is 5.17. The largest absolute Gasteiger partial charge is 0.396 e. The van der Waals surface area contributed by atoms with E-state index in [1.54, 1.807) is 10.9 Å². The van der Waals surface area contributed by atoms with Gasteiger partial charge in [-0.1, -0.05) is 13.5 Å². The summed E-state index contributed by atoms with van der Waals surface area (Å²) >= 11 is 0. The van der Waals surface area contributed by atoms with E-state index in [-0.39, 0.29) is 12.1 Å². The minimum atomic E-state index is -0.00890. The molecule has 1 heterocycles. The Bertz CT molecular complexity index is 335. The van der Waals surface area contributed by atoms with E-state index in [0.717, 1.165) is 24.9 Å². The van der Waals surface area contributed by atoms with E-state index in [9.17, 15) is 0 Å². The molecular weight excluding hydrogens is 202 g/mol. The van der Waals surface area contributed by atoms with Crippen molar-refractivity contribution in [2.45, 2.75) is 38.8 Å². The van der Waals surface area contributed by atoms with Gasteiger partial charge < -0.3 is 10.4 Å². The standard InChI is InChI=1S/C12H21N3O/c1-4-12(3,6-7-16)13-8-11-9-14-15(5-2)10-11/h5,9-10,13,16H,2,4,6-8H2,1,3H3. The summed E-state index contributed by atoms with van der Waals surface area (Å²) in [7, 11) is 0. The fraction of sp³-hybridized carbons (Fsp3) is 0.583. The van der Waals surface area contributed by atoms with Crippen molar-refractivity contribution in [3.63, 3.8) is 0 Å². The van der Waals surface area contributed by atoms with E-state index in [1.165, 1.54) is 0 Å². The molecule has 0 spiro atoms. The number of nitrogens with one attached hydrogen (secondary N) is 1. The van der Waals surface area contributed by atoms with Crippen LogP contribution in [-0.4, -0.2) is 27.0 Å². The molecule has 0 radical (unpaired) electrons. The average Bonchev–Trinajstić information content (AvgIpc) is 2.75. The molecule has 16 heavy (non-hydrogen) atoms. The van der Waals surface area contributed by atoms with Crippen LogP contribution in [0.15, 0.2) is 19.0 Å². The lowest BCUT2D eigenvalue weighted by Crippen LogP contribution is -2.41. The molecule has 2 N–H and O–H groups in total. The highest BCUT2D eigenvalue weighted by Crippen LogP contribution is 2.14. The van der Waals surface area contributed by atoms with Crippen molar-refractivity contribution in [1.82, 2.24) is 15.1 Å². The van der Waals surface area contributed by atoms with Gasteiger partial charge in [-0.25, -0.2) is 4.68 Å². The van der Waals surface area contributed by atoms with Gasteiger partial charge in [-0.05, 0) is 19.8 Å². The zero-order valence-electron chi connectivity index (χ0n) is 10.1. The summed E-state index contributed by atoms with van der Waals surface area (Å²) in [4.78, 5) is 0. The highest BCUT2D eigenvalue weighted by atomic mass is 16.3. The molecule has 0 saturated heterocycles. The Hall–Kier alpha value is -1.13. The lowest BCUT2D eigenvalue weighted by molar-refractivity contribution is 0.214. The molecule has 1 rings (SSSR count). The Kier molecular flexibility index (Phi) is 4.71. The first-order valence-electron chi connectivity index (χ1n) is 5.65. The Morgan fingerprint density at radius 1 is 1.69 bits per heavy atom. The van der Waals surface area contributed by atoms with Crippen LogP contribution in [0, 0.1) is 0 Å². The van der Waals surface area contributed by atoms with Crippen molar-refractivity contribution in [2.24, 2.45) is 0 Å². The lowest BCUT2D eigenvalue weighted by atomic mass is 9.95. The molecule has 0 aromatic carbocycles. The fourth-order valence-corrected chi connectivity index (χ4v) is 1.52. The predicted molar refractivity (Wildman–Crippen MR) is 65.9 cm³/mol. The second-order valence-electron chi connectivity index (χ2n) is 4.25. The number of hydrogen-bond acceptors (Lipinski definition) is 3. The van der Waals surface area contributed by atoms with Crippen LogP contribution in [0.25, 0.3) is 6.20 Å². The topological polar surface area (TPSA) is 50.1 Å². The minimum absolute atomic E-state index is 0.00890. The van der Waals surface area contributed by atoms with Gasteiger partial charge in [-0.3, -0.25) is 0 Å². The summed E-state index contributed by atoms with van der Waals surface area (Å²) in [5, 5.41) is 16.6. The fourth-order valence-electron chi connectivity index (χ4n) is 1.52. The van der Waals surface area contributed by atoms with Gasteiger partial charge in [0.1, 0.15) is 0 Å². The number of aliphatic hydroxyl groups excluding tert-OH is 1. The number of hydrogen-bond donors (Lipinski definition) is 2. The van der Waals surface area contributed by atoms with Gasteiger partial charge in [-0.15, -0.1) is 0 Å². The summed E-state index contributed by atoms with van der Waals surface area (Å²) in [6, 6.07) is 0. The van der Waals surface area contributed by atoms with E-state index in [4.69, 9.17) is 5.11 Å². The van der Waals surface area contributed by atoms with Gasteiger partial charge in [-0.2, -0.15) is 5.10 Å². The zero-order valence-corrected chi connectivity index (χ0v) is 10.1. The van der Waals surface area contributed by atoms with Crippen molar-refractivity contribution < 1.29 is 5.11 Å². The lowest BCUT2D eigenvalue weighted by Gasteiger charge is -2.28. The Labute approximate surface area is 97.0 Å². The van der Waals surface area contributed by atoms with Gasteiger partial charge in [0.15, 0.2) is 0 Å². The van der Waals surface area contributed by atoms with Gasteiger partial charge >= 0.3 is 0 Å². The summed E-state index contributed by atoms with van der Waals surface area (Å²) in [6.45, 7) is 8.87. The molecule has 0 aliphatic heterocycles. The van der Waals surface area contributed by atoms with Gasteiger partial charge in [0.2, 0.25) is 0 Å². The van der Waals surface area contributed by atoms with E-state index in [0.29, 0.717) is 0 Å². The summed E-state index contributed by atoms with van der Waals surface area (Å²) < 4.78 is 1.69. The predicted octanol–water partition coefficient (Wildman–Crippen LogP) is 1.62.